The van der Waals surface area contributed by atoms with E-state index < -0.39 is 17.4 Å². The summed E-state index contributed by atoms with van der Waals surface area (Å²) in [6.45, 7) is 3.95. The van der Waals surface area contributed by atoms with E-state index in [-0.39, 0.29) is 29.1 Å². The third-order valence-electron chi connectivity index (χ3n) is 6.82. The first kappa shape index (κ1) is 22.4. The van der Waals surface area contributed by atoms with Gasteiger partial charge in [-0.3, -0.25) is 14.4 Å². The van der Waals surface area contributed by atoms with Crippen molar-refractivity contribution in [1.29, 1.82) is 0 Å². The molecule has 1 unspecified atom stereocenters. The number of pyridine rings is 1. The largest absolute Gasteiger partial charge is 0.439 e. The van der Waals surface area contributed by atoms with Crippen LogP contribution in [0.25, 0.3) is 11.0 Å². The molecule has 0 saturated carbocycles. The van der Waals surface area contributed by atoms with Crippen LogP contribution in [0.5, 0.6) is 0 Å². The van der Waals surface area contributed by atoms with Gasteiger partial charge in [-0.1, -0.05) is 36.4 Å². The van der Waals surface area contributed by atoms with Gasteiger partial charge in [-0.2, -0.15) is 0 Å². The summed E-state index contributed by atoms with van der Waals surface area (Å²) < 4.78 is 7.01. The molecule has 1 spiro atoms. The molecule has 2 aromatic heterocycles. The monoisotopic (exact) mass is 541 g/mol. The van der Waals surface area contributed by atoms with E-state index in [1.807, 2.05) is 32.0 Å². The molecule has 4 aromatic rings. The minimum Gasteiger partial charge on any atom is -0.439 e. The zero-order valence-electron chi connectivity index (χ0n) is 19.5. The number of anilines is 2. The normalized spacial score (nSPS) is 18.5. The number of aromatic nitrogens is 1. The number of halogens is 1. The maximum atomic E-state index is 14.5. The Balaban J connectivity index is 1.66. The lowest BCUT2D eigenvalue weighted by Gasteiger charge is -2.33. The van der Waals surface area contributed by atoms with Crippen molar-refractivity contribution in [3.05, 3.63) is 110 Å². The Morgan fingerprint density at radius 1 is 1.03 bits per heavy atom. The van der Waals surface area contributed by atoms with Crippen LogP contribution in [0, 0.1) is 13.8 Å². The van der Waals surface area contributed by atoms with Crippen LogP contribution < -0.4 is 10.3 Å². The molecule has 8 heteroatoms. The molecule has 0 radical (unpaired) electrons. The van der Waals surface area contributed by atoms with Gasteiger partial charge in [0.25, 0.3) is 11.8 Å². The van der Waals surface area contributed by atoms with Crippen molar-refractivity contribution >= 4 is 50.3 Å². The highest BCUT2D eigenvalue weighted by Gasteiger charge is 2.60. The Morgan fingerprint density at radius 3 is 2.50 bits per heavy atom. The third kappa shape index (κ3) is 2.97. The lowest BCUT2D eigenvalue weighted by Crippen LogP contribution is -2.52. The van der Waals surface area contributed by atoms with Crippen molar-refractivity contribution in [1.82, 2.24) is 9.88 Å². The molecule has 0 bridgehead atoms. The van der Waals surface area contributed by atoms with Crippen molar-refractivity contribution in [3.63, 3.8) is 0 Å². The van der Waals surface area contributed by atoms with E-state index in [9.17, 15) is 14.4 Å². The van der Waals surface area contributed by atoms with E-state index >= 15 is 0 Å². The molecule has 0 aliphatic carbocycles. The predicted molar refractivity (Wildman–Crippen MR) is 139 cm³/mol. The summed E-state index contributed by atoms with van der Waals surface area (Å²) >= 11 is 3.33. The van der Waals surface area contributed by atoms with Crippen molar-refractivity contribution in [3.8, 4) is 0 Å². The Labute approximate surface area is 214 Å². The van der Waals surface area contributed by atoms with Crippen molar-refractivity contribution in [2.45, 2.75) is 19.4 Å². The molecule has 0 fully saturated rings. The Hall–Kier alpha value is -4.04. The fourth-order valence-corrected chi connectivity index (χ4v) is 5.44. The highest BCUT2D eigenvalue weighted by Crippen LogP contribution is 2.51. The first-order chi connectivity index (χ1) is 17.3. The Morgan fingerprint density at radius 2 is 1.78 bits per heavy atom. The van der Waals surface area contributed by atoms with Gasteiger partial charge in [-0.15, -0.1) is 0 Å². The number of benzene rings is 2. The number of hydrogen-bond acceptors (Lipinski definition) is 5. The summed E-state index contributed by atoms with van der Waals surface area (Å²) in [5.41, 5.74) is 1.00. The van der Waals surface area contributed by atoms with E-state index in [0.29, 0.717) is 16.7 Å². The van der Waals surface area contributed by atoms with Gasteiger partial charge in [0.15, 0.2) is 5.54 Å². The van der Waals surface area contributed by atoms with Crippen molar-refractivity contribution in [2.75, 3.05) is 11.4 Å². The molecule has 2 aliphatic heterocycles. The van der Waals surface area contributed by atoms with Crippen LogP contribution in [0.2, 0.25) is 0 Å². The average Bonchev–Trinajstić information content (AvgIpc) is 3.40. The number of rotatable bonds is 2. The van der Waals surface area contributed by atoms with Gasteiger partial charge >= 0.3 is 0 Å². The minimum absolute atomic E-state index is 0.132. The smallest absolute Gasteiger partial charge is 0.274 e. The van der Waals surface area contributed by atoms with Crippen molar-refractivity contribution < 1.29 is 14.0 Å². The molecule has 2 aromatic carbocycles. The molecular formula is C28H20BrN3O4. The average molecular weight is 542 g/mol. The number of nitrogens with zero attached hydrogens (tertiary/aromatic N) is 3. The van der Waals surface area contributed by atoms with Gasteiger partial charge in [0, 0.05) is 17.2 Å². The Kier molecular flexibility index (Phi) is 4.98. The van der Waals surface area contributed by atoms with Crippen LogP contribution in [-0.2, 0) is 10.3 Å². The van der Waals surface area contributed by atoms with E-state index in [0.717, 1.165) is 15.6 Å². The summed E-state index contributed by atoms with van der Waals surface area (Å²) in [6.07, 6.45) is 4.91. The molecule has 178 valence electrons. The second-order valence-corrected chi connectivity index (χ2v) is 9.85. The van der Waals surface area contributed by atoms with Gasteiger partial charge in [0.2, 0.25) is 11.3 Å². The van der Waals surface area contributed by atoms with Gasteiger partial charge in [0.05, 0.1) is 11.1 Å². The highest BCUT2D eigenvalue weighted by atomic mass is 79.9. The predicted octanol–water partition coefficient (Wildman–Crippen LogP) is 5.15. The first-order valence-corrected chi connectivity index (χ1v) is 12.2. The van der Waals surface area contributed by atoms with Gasteiger partial charge < -0.3 is 9.32 Å². The molecule has 36 heavy (non-hydrogen) atoms. The second kappa shape index (κ2) is 7.99. The number of carbonyl (C=O) groups excluding carboxylic acids is 2. The topological polar surface area (TPSA) is 83.7 Å². The zero-order valence-corrected chi connectivity index (χ0v) is 21.1. The summed E-state index contributed by atoms with van der Waals surface area (Å²) in [4.78, 5) is 49.3. The van der Waals surface area contributed by atoms with Crippen LogP contribution in [0.4, 0.5) is 11.6 Å². The SMILES string of the molecule is Cc1cccc(C)c1N1C(=O)C2(C=CCN2C(=O)c2ccc(Br)cn2)c2c1oc1ccccc1c2=O. The molecule has 0 N–H and O–H groups in total. The zero-order chi connectivity index (χ0) is 25.2. The number of para-hydroxylation sites is 2. The van der Waals surface area contributed by atoms with E-state index in [1.165, 1.54) is 16.0 Å². The maximum absolute atomic E-state index is 14.5. The molecule has 4 heterocycles. The lowest BCUT2D eigenvalue weighted by molar-refractivity contribution is -0.124. The number of fused-ring (bicyclic) bond motifs is 3. The number of amides is 2. The van der Waals surface area contributed by atoms with E-state index in [4.69, 9.17) is 4.42 Å². The minimum atomic E-state index is -1.65. The fraction of sp³-hybridized carbons (Fsp3) is 0.143. The van der Waals surface area contributed by atoms with Crippen molar-refractivity contribution in [2.24, 2.45) is 0 Å². The Bertz CT molecular complexity index is 1650. The van der Waals surface area contributed by atoms with Gasteiger partial charge in [-0.05, 0) is 71.2 Å². The van der Waals surface area contributed by atoms with Crippen LogP contribution in [0.3, 0.4) is 0 Å². The quantitative estimate of drug-likeness (QED) is 0.327. The molecule has 1 atom stereocenters. The summed E-state index contributed by atoms with van der Waals surface area (Å²) in [5, 5.41) is 0.348. The fourth-order valence-electron chi connectivity index (χ4n) is 5.21. The maximum Gasteiger partial charge on any atom is 0.274 e. The number of hydrogen-bond donors (Lipinski definition) is 0. The summed E-state index contributed by atoms with van der Waals surface area (Å²) in [6, 6.07) is 15.9. The second-order valence-electron chi connectivity index (χ2n) is 8.93. The van der Waals surface area contributed by atoms with Gasteiger partial charge in [0.1, 0.15) is 16.8 Å². The summed E-state index contributed by atoms with van der Waals surface area (Å²) in [7, 11) is 0. The highest BCUT2D eigenvalue weighted by molar-refractivity contribution is 9.10. The van der Waals surface area contributed by atoms with Gasteiger partial charge in [-0.25, -0.2) is 9.88 Å². The molecule has 6 rings (SSSR count). The molecule has 0 saturated heterocycles. The van der Waals surface area contributed by atoms with Crippen LogP contribution in [0.15, 0.2) is 86.6 Å². The third-order valence-corrected chi connectivity index (χ3v) is 7.29. The van der Waals surface area contributed by atoms with E-state index in [2.05, 4.69) is 20.9 Å². The van der Waals surface area contributed by atoms with Crippen LogP contribution in [0.1, 0.15) is 27.2 Å². The molecule has 7 nitrogen and oxygen atoms in total. The number of aryl methyl sites for hydroxylation is 2. The molecule has 2 aliphatic rings. The lowest BCUT2D eigenvalue weighted by atomic mass is 9.90. The molecule has 2 amide bonds. The standard InChI is InChI=1S/C28H20BrN3O4/c1-16-7-5-8-17(2)23(16)32-26-22(24(33)19-9-3-4-10-21(19)36-26)28(27(32)35)13-6-14-31(28)25(34)20-12-11-18(29)15-30-20/h3-13,15H,14H2,1-2H3. The first-order valence-electron chi connectivity index (χ1n) is 11.4. The molecular weight excluding hydrogens is 522 g/mol. The number of carbonyl (C=O) groups is 2. The van der Waals surface area contributed by atoms with Crippen LogP contribution in [-0.4, -0.2) is 28.2 Å². The summed E-state index contributed by atoms with van der Waals surface area (Å²) in [5.74, 6) is -0.762. The van der Waals surface area contributed by atoms with E-state index in [1.54, 1.807) is 48.6 Å². The van der Waals surface area contributed by atoms with Crippen LogP contribution >= 0.6 is 15.9 Å².